The zero-order valence-corrected chi connectivity index (χ0v) is 12.5. The van der Waals surface area contributed by atoms with Crippen molar-refractivity contribution in [1.29, 1.82) is 0 Å². The van der Waals surface area contributed by atoms with E-state index in [1.165, 1.54) is 6.07 Å². The first-order valence-corrected chi connectivity index (χ1v) is 8.55. The second-order valence-electron chi connectivity index (χ2n) is 4.97. The minimum atomic E-state index is -3.11. The van der Waals surface area contributed by atoms with E-state index in [9.17, 15) is 13.2 Å². The van der Waals surface area contributed by atoms with Crippen LogP contribution < -0.4 is 10.5 Å². The van der Waals surface area contributed by atoms with Gasteiger partial charge in [0.05, 0.1) is 11.4 Å². The van der Waals surface area contributed by atoms with Crippen LogP contribution in [-0.4, -0.2) is 49.6 Å². The molecular formula is C13H21N3O3S. The van der Waals surface area contributed by atoms with Crippen LogP contribution in [0.3, 0.4) is 0 Å². The number of unbranched alkanes of at least 4 members (excludes halogenated alkanes) is 1. The van der Waals surface area contributed by atoms with Gasteiger partial charge in [-0.15, -0.1) is 0 Å². The van der Waals surface area contributed by atoms with E-state index in [1.54, 1.807) is 16.6 Å². The largest absolute Gasteiger partial charge is 0.368 e. The minimum Gasteiger partial charge on any atom is -0.368 e. The Morgan fingerprint density at radius 2 is 1.90 bits per heavy atom. The van der Waals surface area contributed by atoms with Crippen molar-refractivity contribution in [3.05, 3.63) is 28.7 Å². The van der Waals surface area contributed by atoms with Crippen molar-refractivity contribution in [1.82, 2.24) is 9.29 Å². The summed E-state index contributed by atoms with van der Waals surface area (Å²) in [6.07, 6.45) is 3.27. The van der Waals surface area contributed by atoms with Gasteiger partial charge in [-0.3, -0.25) is 4.79 Å². The van der Waals surface area contributed by atoms with Crippen molar-refractivity contribution >= 4 is 15.7 Å². The van der Waals surface area contributed by atoms with E-state index < -0.39 is 10.0 Å². The topological polar surface area (TPSA) is 73.5 Å². The zero-order chi connectivity index (χ0) is 14.6. The number of nitrogens with one attached hydrogen (secondary N) is 1. The molecule has 0 aromatic carbocycles. The number of sulfonamides is 1. The number of hydrogen-bond donors (Lipinski definition) is 1. The van der Waals surface area contributed by atoms with E-state index in [-0.39, 0.29) is 11.3 Å². The lowest BCUT2D eigenvalue weighted by atomic mass is 10.3. The Kier molecular flexibility index (Phi) is 4.82. The molecule has 1 aromatic heterocycles. The van der Waals surface area contributed by atoms with Crippen molar-refractivity contribution in [3.63, 3.8) is 0 Å². The third kappa shape index (κ3) is 3.61. The summed E-state index contributed by atoms with van der Waals surface area (Å²) in [5.74, 6) is 0.238. The van der Waals surface area contributed by atoms with E-state index in [2.05, 4.69) is 9.88 Å². The number of rotatable bonds is 5. The summed E-state index contributed by atoms with van der Waals surface area (Å²) in [6.45, 7) is 4.30. The van der Waals surface area contributed by atoms with Gasteiger partial charge in [-0.1, -0.05) is 13.3 Å². The Labute approximate surface area is 119 Å². The number of H-pyrrole nitrogens is 1. The van der Waals surface area contributed by atoms with Gasteiger partial charge in [0, 0.05) is 38.4 Å². The van der Waals surface area contributed by atoms with Crippen LogP contribution in [0.2, 0.25) is 0 Å². The van der Waals surface area contributed by atoms with Gasteiger partial charge >= 0.3 is 0 Å². The molecule has 1 aliphatic rings. The molecule has 1 saturated heterocycles. The van der Waals surface area contributed by atoms with Crippen molar-refractivity contribution < 1.29 is 8.42 Å². The molecule has 20 heavy (non-hydrogen) atoms. The molecule has 0 bridgehead atoms. The van der Waals surface area contributed by atoms with Gasteiger partial charge in [0.2, 0.25) is 15.6 Å². The standard InChI is InChI=1S/C13H21N3O3S/c1-2-3-10-20(18,19)16-8-6-15(7-9-16)12-4-5-13(17)14-11-12/h4-5,11H,2-3,6-10H2,1H3,(H,14,17). The zero-order valence-electron chi connectivity index (χ0n) is 11.7. The van der Waals surface area contributed by atoms with Crippen molar-refractivity contribution in [3.8, 4) is 0 Å². The fourth-order valence-corrected chi connectivity index (χ4v) is 3.91. The molecule has 1 aliphatic heterocycles. The number of aromatic nitrogens is 1. The van der Waals surface area contributed by atoms with Gasteiger partial charge in [0.15, 0.2) is 0 Å². The highest BCUT2D eigenvalue weighted by atomic mass is 32.2. The predicted molar refractivity (Wildman–Crippen MR) is 79.5 cm³/mol. The molecule has 1 aromatic rings. The predicted octanol–water partition coefficient (Wildman–Crippen LogP) is 0.627. The van der Waals surface area contributed by atoms with Crippen LogP contribution in [0.1, 0.15) is 19.8 Å². The lowest BCUT2D eigenvalue weighted by Gasteiger charge is -2.35. The molecule has 2 rings (SSSR count). The first-order valence-electron chi connectivity index (χ1n) is 6.94. The molecule has 1 fully saturated rings. The fraction of sp³-hybridized carbons (Fsp3) is 0.615. The van der Waals surface area contributed by atoms with Gasteiger partial charge in [0.25, 0.3) is 0 Å². The van der Waals surface area contributed by atoms with Gasteiger partial charge < -0.3 is 9.88 Å². The second-order valence-corrected chi connectivity index (χ2v) is 7.06. The number of anilines is 1. The molecule has 2 heterocycles. The van der Waals surface area contributed by atoms with Crippen molar-refractivity contribution in [2.45, 2.75) is 19.8 Å². The molecule has 1 N–H and O–H groups in total. The van der Waals surface area contributed by atoms with Gasteiger partial charge in [0.1, 0.15) is 0 Å². The summed E-state index contributed by atoms with van der Waals surface area (Å²) in [4.78, 5) is 15.7. The molecular weight excluding hydrogens is 278 g/mol. The molecule has 0 unspecified atom stereocenters. The van der Waals surface area contributed by atoms with Crippen LogP contribution in [0.15, 0.2) is 23.1 Å². The first-order chi connectivity index (χ1) is 9.53. The number of aromatic amines is 1. The molecule has 6 nitrogen and oxygen atoms in total. The molecule has 0 radical (unpaired) electrons. The quantitative estimate of drug-likeness (QED) is 0.865. The molecule has 0 atom stereocenters. The van der Waals surface area contributed by atoms with Gasteiger partial charge in [-0.2, -0.15) is 4.31 Å². The average Bonchev–Trinajstić information content (AvgIpc) is 2.46. The van der Waals surface area contributed by atoms with Crippen LogP contribution in [0.5, 0.6) is 0 Å². The monoisotopic (exact) mass is 299 g/mol. The maximum absolute atomic E-state index is 12.1. The molecule has 0 saturated carbocycles. The second kappa shape index (κ2) is 6.41. The molecule has 0 spiro atoms. The molecule has 0 aliphatic carbocycles. The van der Waals surface area contributed by atoms with Crippen LogP contribution in [0.25, 0.3) is 0 Å². The number of nitrogens with zero attached hydrogens (tertiary/aromatic N) is 2. The van der Waals surface area contributed by atoms with Gasteiger partial charge in [-0.05, 0) is 12.5 Å². The van der Waals surface area contributed by atoms with E-state index in [0.29, 0.717) is 32.6 Å². The smallest absolute Gasteiger partial charge is 0.248 e. The third-order valence-corrected chi connectivity index (χ3v) is 5.48. The number of hydrogen-bond acceptors (Lipinski definition) is 4. The molecule has 0 amide bonds. The Hall–Kier alpha value is -1.34. The highest BCUT2D eigenvalue weighted by Gasteiger charge is 2.26. The van der Waals surface area contributed by atoms with Crippen LogP contribution in [-0.2, 0) is 10.0 Å². The average molecular weight is 299 g/mol. The van der Waals surface area contributed by atoms with Crippen molar-refractivity contribution in [2.75, 3.05) is 36.8 Å². The first kappa shape index (κ1) is 15.1. The SMILES string of the molecule is CCCCS(=O)(=O)N1CCN(c2ccc(=O)[nH]c2)CC1. The summed E-state index contributed by atoms with van der Waals surface area (Å²) < 4.78 is 25.8. The maximum atomic E-state index is 12.1. The maximum Gasteiger partial charge on any atom is 0.248 e. The summed E-state index contributed by atoms with van der Waals surface area (Å²) in [5.41, 5.74) is 0.796. The van der Waals surface area contributed by atoms with E-state index in [0.717, 1.165) is 12.1 Å². The lowest BCUT2D eigenvalue weighted by molar-refractivity contribution is 0.384. The fourth-order valence-electron chi connectivity index (χ4n) is 2.28. The Morgan fingerprint density at radius 1 is 1.20 bits per heavy atom. The summed E-state index contributed by atoms with van der Waals surface area (Å²) >= 11 is 0. The Bertz CT molecular complexity index is 569. The number of piperazine rings is 1. The summed E-state index contributed by atoms with van der Waals surface area (Å²) in [6, 6.07) is 3.25. The van der Waals surface area contributed by atoms with E-state index in [4.69, 9.17) is 0 Å². The minimum absolute atomic E-state index is 0.130. The van der Waals surface area contributed by atoms with Crippen LogP contribution in [0, 0.1) is 0 Å². The summed E-state index contributed by atoms with van der Waals surface area (Å²) in [5, 5.41) is 0. The van der Waals surface area contributed by atoms with E-state index in [1.807, 2.05) is 6.92 Å². The third-order valence-electron chi connectivity index (χ3n) is 3.52. The molecule has 7 heteroatoms. The van der Waals surface area contributed by atoms with Crippen molar-refractivity contribution in [2.24, 2.45) is 0 Å². The lowest BCUT2D eigenvalue weighted by Crippen LogP contribution is -2.49. The number of pyridine rings is 1. The van der Waals surface area contributed by atoms with Crippen LogP contribution >= 0.6 is 0 Å². The van der Waals surface area contributed by atoms with E-state index >= 15 is 0 Å². The summed E-state index contributed by atoms with van der Waals surface area (Å²) in [7, 11) is -3.11. The highest BCUT2D eigenvalue weighted by molar-refractivity contribution is 7.89. The highest BCUT2D eigenvalue weighted by Crippen LogP contribution is 2.16. The molecule has 112 valence electrons. The Morgan fingerprint density at radius 3 is 2.45 bits per heavy atom. The van der Waals surface area contributed by atoms with Gasteiger partial charge in [-0.25, -0.2) is 8.42 Å². The Balaban J connectivity index is 1.95. The normalized spacial score (nSPS) is 17.4. The van der Waals surface area contributed by atoms with Crippen LogP contribution in [0.4, 0.5) is 5.69 Å².